The van der Waals surface area contributed by atoms with Gasteiger partial charge in [0.2, 0.25) is 0 Å². The molecule has 0 aromatic heterocycles. The van der Waals surface area contributed by atoms with Crippen molar-refractivity contribution < 1.29 is 17.6 Å². The Morgan fingerprint density at radius 2 is 1.50 bits per heavy atom. The standard InChI is InChI=1S/C15H15F4N/c1-3-5-9(8-20)10(6-4-2)13-14(18)11(16)7-12(17)15(13)19/h7H,3-6H2,1-2H3/b10-9-. The minimum absolute atomic E-state index is 0.0465. The van der Waals surface area contributed by atoms with Crippen LogP contribution in [0.3, 0.4) is 0 Å². The first-order chi connectivity index (χ1) is 9.47. The highest BCUT2D eigenvalue weighted by Crippen LogP contribution is 2.32. The quantitative estimate of drug-likeness (QED) is 0.418. The summed E-state index contributed by atoms with van der Waals surface area (Å²) in [6, 6.07) is 2.05. The predicted molar refractivity (Wildman–Crippen MR) is 68.6 cm³/mol. The molecule has 0 saturated heterocycles. The lowest BCUT2D eigenvalue weighted by atomic mass is 9.93. The zero-order valence-corrected chi connectivity index (χ0v) is 11.4. The Morgan fingerprint density at radius 3 is 1.90 bits per heavy atom. The summed E-state index contributed by atoms with van der Waals surface area (Å²) in [5, 5.41) is 9.10. The van der Waals surface area contributed by atoms with Gasteiger partial charge in [-0.25, -0.2) is 17.6 Å². The second kappa shape index (κ2) is 7.09. The molecule has 5 heteroatoms. The molecular formula is C15H15F4N. The van der Waals surface area contributed by atoms with E-state index in [1.54, 1.807) is 13.8 Å². The lowest BCUT2D eigenvalue weighted by Crippen LogP contribution is -2.04. The molecule has 0 unspecified atom stereocenters. The fourth-order valence-corrected chi connectivity index (χ4v) is 2.04. The summed E-state index contributed by atoms with van der Waals surface area (Å²) in [6.07, 6.45) is 1.58. The predicted octanol–water partition coefficient (Wildman–Crippen LogP) is 5.12. The van der Waals surface area contributed by atoms with Crippen molar-refractivity contribution in [3.63, 3.8) is 0 Å². The van der Waals surface area contributed by atoms with E-state index in [9.17, 15) is 17.6 Å². The molecule has 108 valence electrons. The normalized spacial score (nSPS) is 12.1. The van der Waals surface area contributed by atoms with Gasteiger partial charge in [-0.3, -0.25) is 0 Å². The van der Waals surface area contributed by atoms with E-state index >= 15 is 0 Å². The molecule has 0 atom stereocenters. The van der Waals surface area contributed by atoms with E-state index in [2.05, 4.69) is 0 Å². The molecule has 0 saturated carbocycles. The summed E-state index contributed by atoms with van der Waals surface area (Å²) >= 11 is 0. The van der Waals surface area contributed by atoms with Crippen molar-refractivity contribution in [2.24, 2.45) is 0 Å². The van der Waals surface area contributed by atoms with Crippen LogP contribution in [-0.4, -0.2) is 0 Å². The van der Waals surface area contributed by atoms with Crippen LogP contribution in [0.25, 0.3) is 5.57 Å². The van der Waals surface area contributed by atoms with E-state index in [-0.39, 0.29) is 23.6 Å². The van der Waals surface area contributed by atoms with Crippen molar-refractivity contribution in [2.45, 2.75) is 39.5 Å². The number of nitriles is 1. The molecule has 0 spiro atoms. The summed E-state index contributed by atoms with van der Waals surface area (Å²) in [5.74, 6) is -5.81. The maximum Gasteiger partial charge on any atom is 0.169 e. The zero-order chi connectivity index (χ0) is 15.3. The van der Waals surface area contributed by atoms with Gasteiger partial charge in [0.1, 0.15) is 0 Å². The maximum atomic E-state index is 13.8. The molecule has 1 aromatic carbocycles. The molecule has 0 amide bonds. The summed E-state index contributed by atoms with van der Waals surface area (Å²) in [4.78, 5) is 0. The van der Waals surface area contributed by atoms with Gasteiger partial charge >= 0.3 is 0 Å². The largest absolute Gasteiger partial charge is 0.204 e. The topological polar surface area (TPSA) is 23.8 Å². The zero-order valence-electron chi connectivity index (χ0n) is 11.4. The van der Waals surface area contributed by atoms with Crippen molar-refractivity contribution in [3.8, 4) is 6.07 Å². The van der Waals surface area contributed by atoms with E-state index < -0.39 is 28.8 Å². The molecule has 20 heavy (non-hydrogen) atoms. The third kappa shape index (κ3) is 3.19. The van der Waals surface area contributed by atoms with Gasteiger partial charge in [0, 0.05) is 11.6 Å². The van der Waals surface area contributed by atoms with Gasteiger partial charge in [-0.1, -0.05) is 26.7 Å². The first kappa shape index (κ1) is 16.2. The fourth-order valence-electron chi connectivity index (χ4n) is 2.04. The summed E-state index contributed by atoms with van der Waals surface area (Å²) < 4.78 is 54.2. The first-order valence-electron chi connectivity index (χ1n) is 6.43. The second-order valence-corrected chi connectivity index (χ2v) is 4.41. The van der Waals surface area contributed by atoms with E-state index in [1.165, 1.54) is 0 Å². The van der Waals surface area contributed by atoms with Gasteiger partial charge in [-0.15, -0.1) is 0 Å². The molecule has 0 radical (unpaired) electrons. The minimum Gasteiger partial charge on any atom is -0.204 e. The molecule has 0 aliphatic rings. The summed E-state index contributed by atoms with van der Waals surface area (Å²) in [6.45, 7) is 3.56. The van der Waals surface area contributed by atoms with Gasteiger partial charge in [0.05, 0.1) is 11.6 Å². The second-order valence-electron chi connectivity index (χ2n) is 4.41. The van der Waals surface area contributed by atoms with Crippen LogP contribution in [-0.2, 0) is 0 Å². The van der Waals surface area contributed by atoms with Gasteiger partial charge in [0.25, 0.3) is 0 Å². The number of hydrogen-bond acceptors (Lipinski definition) is 1. The number of allylic oxidation sites excluding steroid dienone is 2. The highest BCUT2D eigenvalue weighted by molar-refractivity contribution is 5.72. The van der Waals surface area contributed by atoms with Gasteiger partial charge in [-0.05, 0) is 18.4 Å². The average molecular weight is 285 g/mol. The highest BCUT2D eigenvalue weighted by atomic mass is 19.2. The van der Waals surface area contributed by atoms with Gasteiger partial charge in [0.15, 0.2) is 23.3 Å². The molecule has 0 aliphatic carbocycles. The van der Waals surface area contributed by atoms with Crippen molar-refractivity contribution >= 4 is 5.57 Å². The number of rotatable bonds is 5. The first-order valence-corrected chi connectivity index (χ1v) is 6.43. The lowest BCUT2D eigenvalue weighted by Gasteiger charge is -2.13. The molecule has 1 nitrogen and oxygen atoms in total. The van der Waals surface area contributed by atoms with Crippen LogP contribution in [0.5, 0.6) is 0 Å². The third-order valence-corrected chi connectivity index (χ3v) is 2.91. The van der Waals surface area contributed by atoms with E-state index in [0.717, 1.165) is 0 Å². The van der Waals surface area contributed by atoms with E-state index in [1.807, 2.05) is 6.07 Å². The van der Waals surface area contributed by atoms with Crippen molar-refractivity contribution in [1.82, 2.24) is 0 Å². The third-order valence-electron chi connectivity index (χ3n) is 2.91. The molecule has 0 bridgehead atoms. The van der Waals surface area contributed by atoms with Crippen LogP contribution in [0.4, 0.5) is 17.6 Å². The van der Waals surface area contributed by atoms with Crippen LogP contribution in [0.2, 0.25) is 0 Å². The van der Waals surface area contributed by atoms with Crippen molar-refractivity contribution in [2.75, 3.05) is 0 Å². The van der Waals surface area contributed by atoms with Gasteiger partial charge < -0.3 is 0 Å². The molecule has 1 aromatic rings. The van der Waals surface area contributed by atoms with E-state index in [0.29, 0.717) is 19.3 Å². The van der Waals surface area contributed by atoms with Crippen molar-refractivity contribution in [1.29, 1.82) is 5.26 Å². The van der Waals surface area contributed by atoms with Crippen molar-refractivity contribution in [3.05, 3.63) is 40.5 Å². The Labute approximate surface area is 115 Å². The Bertz CT molecular complexity index is 544. The maximum absolute atomic E-state index is 13.8. The van der Waals surface area contributed by atoms with Crippen LogP contribution in [0.15, 0.2) is 11.6 Å². The number of nitrogens with zero attached hydrogens (tertiary/aromatic N) is 1. The number of halogens is 4. The lowest BCUT2D eigenvalue weighted by molar-refractivity contribution is 0.449. The van der Waals surface area contributed by atoms with E-state index in [4.69, 9.17) is 5.26 Å². The molecule has 0 N–H and O–H groups in total. The van der Waals surface area contributed by atoms with Crippen LogP contribution < -0.4 is 0 Å². The SMILES string of the molecule is CCC/C(C#N)=C(\CCC)c1c(F)c(F)cc(F)c1F. The Morgan fingerprint density at radius 1 is 1.00 bits per heavy atom. The Balaban J connectivity index is 3.63. The smallest absolute Gasteiger partial charge is 0.169 e. The molecular weight excluding hydrogens is 270 g/mol. The van der Waals surface area contributed by atoms with Crippen LogP contribution in [0.1, 0.15) is 45.1 Å². The minimum atomic E-state index is -1.46. The molecule has 1 rings (SSSR count). The fraction of sp³-hybridized carbons (Fsp3) is 0.400. The van der Waals surface area contributed by atoms with Crippen LogP contribution in [0, 0.1) is 34.6 Å². The number of hydrogen-bond donors (Lipinski definition) is 0. The summed E-state index contributed by atoms with van der Waals surface area (Å²) in [7, 11) is 0. The molecule has 0 heterocycles. The number of benzene rings is 1. The Kier molecular flexibility index (Phi) is 5.75. The highest BCUT2D eigenvalue weighted by Gasteiger charge is 2.23. The monoisotopic (exact) mass is 285 g/mol. The average Bonchev–Trinajstić information content (AvgIpc) is 2.42. The molecule has 0 aliphatic heterocycles. The summed E-state index contributed by atoms with van der Waals surface area (Å²) in [5.41, 5.74) is -0.545. The van der Waals surface area contributed by atoms with Gasteiger partial charge in [-0.2, -0.15) is 5.26 Å². The Hall–Kier alpha value is -1.83. The van der Waals surface area contributed by atoms with Crippen LogP contribution >= 0.6 is 0 Å². The molecule has 0 fully saturated rings.